The number of benzene rings is 1. The summed E-state index contributed by atoms with van der Waals surface area (Å²) in [5, 5.41) is 15.1. The second-order valence-electron chi connectivity index (χ2n) is 5.40. The van der Waals surface area contributed by atoms with Crippen LogP contribution in [0.1, 0.15) is 24.1 Å². The van der Waals surface area contributed by atoms with E-state index in [9.17, 15) is 0 Å². The molecular formula is C16H15ClN8. The average Bonchev–Trinajstić information content (AvgIpc) is 2.99. The van der Waals surface area contributed by atoms with Crippen LogP contribution in [0.3, 0.4) is 0 Å². The lowest BCUT2D eigenvalue weighted by molar-refractivity contribution is 0.854. The lowest BCUT2D eigenvalue weighted by Crippen LogP contribution is -2.11. The minimum atomic E-state index is -0.0751. The van der Waals surface area contributed by atoms with E-state index in [2.05, 4.69) is 36.6 Å². The van der Waals surface area contributed by atoms with Crippen LogP contribution >= 0.6 is 11.6 Å². The van der Waals surface area contributed by atoms with Crippen LogP contribution in [0.5, 0.6) is 0 Å². The summed E-state index contributed by atoms with van der Waals surface area (Å²) >= 11 is 5.99. The van der Waals surface area contributed by atoms with E-state index in [-0.39, 0.29) is 11.3 Å². The van der Waals surface area contributed by atoms with Crippen molar-refractivity contribution in [2.24, 2.45) is 7.05 Å². The Balaban J connectivity index is 1.76. The Hall–Kier alpha value is -3.18. The number of nitrogens with one attached hydrogen (secondary N) is 2. The molecule has 1 aromatic carbocycles. The highest BCUT2D eigenvalue weighted by Gasteiger charge is 2.11. The van der Waals surface area contributed by atoms with Crippen molar-refractivity contribution in [3.8, 4) is 6.07 Å². The van der Waals surface area contributed by atoms with Crippen molar-refractivity contribution >= 4 is 29.3 Å². The van der Waals surface area contributed by atoms with Crippen LogP contribution in [0, 0.1) is 11.3 Å². The Bertz CT molecular complexity index is 913. The molecule has 0 aliphatic carbocycles. The molecule has 1 atom stereocenters. The van der Waals surface area contributed by atoms with E-state index in [0.29, 0.717) is 23.3 Å². The van der Waals surface area contributed by atoms with Gasteiger partial charge in [0.25, 0.3) is 0 Å². The van der Waals surface area contributed by atoms with Gasteiger partial charge in [0.2, 0.25) is 17.2 Å². The highest BCUT2D eigenvalue weighted by molar-refractivity contribution is 6.28. The van der Waals surface area contributed by atoms with E-state index in [1.54, 1.807) is 29.2 Å². The van der Waals surface area contributed by atoms with Gasteiger partial charge in [-0.3, -0.25) is 0 Å². The fourth-order valence-electron chi connectivity index (χ4n) is 2.19. The summed E-state index contributed by atoms with van der Waals surface area (Å²) in [7, 11) is 1.87. The Kier molecular flexibility index (Phi) is 4.77. The van der Waals surface area contributed by atoms with Crippen LogP contribution in [0.25, 0.3) is 0 Å². The summed E-state index contributed by atoms with van der Waals surface area (Å²) in [6, 6.07) is 9.31. The molecule has 3 rings (SSSR count). The van der Waals surface area contributed by atoms with Crippen molar-refractivity contribution in [1.29, 1.82) is 5.26 Å². The molecule has 3 aromatic rings. The van der Waals surface area contributed by atoms with Crippen LogP contribution in [0.4, 0.5) is 17.7 Å². The maximum atomic E-state index is 8.87. The number of hydrogen-bond donors (Lipinski definition) is 2. The van der Waals surface area contributed by atoms with Crippen molar-refractivity contribution in [3.05, 3.63) is 53.2 Å². The standard InChI is InChI=1S/C16H15ClN8/c1-10(12-5-3-11(7-18)4-6-12)20-15-22-14(17)23-16(24-15)21-13-8-25(2)9-19-13/h3-6,8-10H,1-2H3,(H2,20,21,22,23,24). The van der Waals surface area contributed by atoms with Gasteiger partial charge in [0, 0.05) is 13.2 Å². The first-order chi connectivity index (χ1) is 12.0. The molecule has 0 aliphatic heterocycles. The van der Waals surface area contributed by atoms with Crippen molar-refractivity contribution in [3.63, 3.8) is 0 Å². The molecule has 2 heterocycles. The first kappa shape index (κ1) is 16.7. The van der Waals surface area contributed by atoms with E-state index in [4.69, 9.17) is 16.9 Å². The Morgan fingerprint density at radius 2 is 1.88 bits per heavy atom. The largest absolute Gasteiger partial charge is 0.348 e. The summed E-state index contributed by atoms with van der Waals surface area (Å²) < 4.78 is 1.80. The number of anilines is 3. The number of nitriles is 1. The van der Waals surface area contributed by atoms with Crippen molar-refractivity contribution in [2.45, 2.75) is 13.0 Å². The molecule has 1 unspecified atom stereocenters. The summed E-state index contributed by atoms with van der Waals surface area (Å²) in [6.45, 7) is 1.96. The topological polar surface area (TPSA) is 104 Å². The van der Waals surface area contributed by atoms with E-state index in [1.165, 1.54) is 0 Å². The molecule has 0 radical (unpaired) electrons. The van der Waals surface area contributed by atoms with Crippen LogP contribution < -0.4 is 10.6 Å². The lowest BCUT2D eigenvalue weighted by Gasteiger charge is -2.14. The van der Waals surface area contributed by atoms with Gasteiger partial charge in [-0.15, -0.1) is 0 Å². The average molecular weight is 355 g/mol. The van der Waals surface area contributed by atoms with Crippen LogP contribution in [0.2, 0.25) is 5.28 Å². The molecule has 0 saturated heterocycles. The van der Waals surface area contributed by atoms with Crippen molar-refractivity contribution in [2.75, 3.05) is 10.6 Å². The highest BCUT2D eigenvalue weighted by atomic mass is 35.5. The molecule has 9 heteroatoms. The summed E-state index contributed by atoms with van der Waals surface area (Å²) in [5.74, 6) is 1.25. The number of hydrogen-bond acceptors (Lipinski definition) is 7. The van der Waals surface area contributed by atoms with Gasteiger partial charge in [-0.1, -0.05) is 12.1 Å². The molecule has 0 fully saturated rings. The summed E-state index contributed by atoms with van der Waals surface area (Å²) in [6.07, 6.45) is 3.46. The van der Waals surface area contributed by atoms with Crippen molar-refractivity contribution in [1.82, 2.24) is 24.5 Å². The minimum absolute atomic E-state index is 0.0722. The second-order valence-corrected chi connectivity index (χ2v) is 5.74. The zero-order valence-corrected chi connectivity index (χ0v) is 14.4. The third kappa shape index (κ3) is 4.22. The van der Waals surface area contributed by atoms with Gasteiger partial charge in [0.05, 0.1) is 24.0 Å². The van der Waals surface area contributed by atoms with Gasteiger partial charge in [0.1, 0.15) is 0 Å². The molecule has 25 heavy (non-hydrogen) atoms. The van der Waals surface area contributed by atoms with Crippen LogP contribution in [0.15, 0.2) is 36.8 Å². The SMILES string of the molecule is CC(Nc1nc(Cl)nc(Nc2cn(C)cn2)n1)c1ccc(C#N)cc1. The molecule has 126 valence electrons. The maximum absolute atomic E-state index is 8.87. The normalized spacial score (nSPS) is 11.6. The number of aromatic nitrogens is 5. The van der Waals surface area contributed by atoms with E-state index < -0.39 is 0 Å². The summed E-state index contributed by atoms with van der Waals surface area (Å²) in [5.41, 5.74) is 1.61. The molecule has 2 aromatic heterocycles. The number of nitrogens with zero attached hydrogens (tertiary/aromatic N) is 6. The molecule has 0 saturated carbocycles. The number of imidazole rings is 1. The Labute approximate surface area is 149 Å². The Morgan fingerprint density at radius 3 is 2.52 bits per heavy atom. The molecule has 0 bridgehead atoms. The third-order valence-electron chi connectivity index (χ3n) is 3.44. The van der Waals surface area contributed by atoms with E-state index in [0.717, 1.165) is 5.56 Å². The first-order valence-corrected chi connectivity index (χ1v) is 7.84. The zero-order chi connectivity index (χ0) is 17.8. The number of halogens is 1. The molecule has 0 spiro atoms. The van der Waals surface area contributed by atoms with E-state index >= 15 is 0 Å². The minimum Gasteiger partial charge on any atom is -0.348 e. The zero-order valence-electron chi connectivity index (χ0n) is 13.6. The quantitative estimate of drug-likeness (QED) is 0.725. The molecule has 0 aliphatic rings. The smallest absolute Gasteiger partial charge is 0.234 e. The second kappa shape index (κ2) is 7.15. The third-order valence-corrected chi connectivity index (χ3v) is 3.61. The lowest BCUT2D eigenvalue weighted by atomic mass is 10.1. The van der Waals surface area contributed by atoms with Crippen LogP contribution in [-0.4, -0.2) is 24.5 Å². The first-order valence-electron chi connectivity index (χ1n) is 7.46. The fraction of sp³-hybridized carbons (Fsp3) is 0.188. The van der Waals surface area contributed by atoms with Gasteiger partial charge in [-0.2, -0.15) is 20.2 Å². The van der Waals surface area contributed by atoms with Gasteiger partial charge in [0.15, 0.2) is 5.82 Å². The monoisotopic (exact) mass is 354 g/mol. The summed E-state index contributed by atoms with van der Waals surface area (Å²) in [4.78, 5) is 16.6. The maximum Gasteiger partial charge on any atom is 0.234 e. The predicted octanol–water partition coefficient (Wildman–Crippen LogP) is 3.05. The van der Waals surface area contributed by atoms with Crippen LogP contribution in [-0.2, 0) is 7.05 Å². The van der Waals surface area contributed by atoms with Gasteiger partial charge in [-0.25, -0.2) is 4.98 Å². The fourth-order valence-corrected chi connectivity index (χ4v) is 2.35. The predicted molar refractivity (Wildman–Crippen MR) is 94.5 cm³/mol. The molecular weight excluding hydrogens is 340 g/mol. The molecule has 0 amide bonds. The van der Waals surface area contributed by atoms with Gasteiger partial charge in [-0.05, 0) is 36.2 Å². The molecule has 2 N–H and O–H groups in total. The van der Waals surface area contributed by atoms with Crippen molar-refractivity contribution < 1.29 is 0 Å². The molecule has 8 nitrogen and oxygen atoms in total. The van der Waals surface area contributed by atoms with Gasteiger partial charge >= 0.3 is 0 Å². The highest BCUT2D eigenvalue weighted by Crippen LogP contribution is 2.20. The number of aryl methyl sites for hydroxylation is 1. The number of rotatable bonds is 5. The van der Waals surface area contributed by atoms with E-state index in [1.807, 2.05) is 26.1 Å². The Morgan fingerprint density at radius 1 is 1.16 bits per heavy atom. The van der Waals surface area contributed by atoms with Gasteiger partial charge < -0.3 is 15.2 Å².